The fourth-order valence-corrected chi connectivity index (χ4v) is 3.50. The van der Waals surface area contributed by atoms with Crippen molar-refractivity contribution in [3.8, 4) is 11.3 Å². The Morgan fingerprint density at radius 2 is 1.77 bits per heavy atom. The number of aromatic nitrogens is 3. The average molecular weight is 477 g/mol. The molecule has 2 heterocycles. The lowest BCUT2D eigenvalue weighted by Gasteiger charge is -2.17. The third-order valence-electron chi connectivity index (χ3n) is 5.32. The van der Waals surface area contributed by atoms with Crippen molar-refractivity contribution in [2.75, 3.05) is 10.6 Å². The van der Waals surface area contributed by atoms with Gasteiger partial charge in [-0.1, -0.05) is 26.0 Å². The molecule has 0 radical (unpaired) electrons. The van der Waals surface area contributed by atoms with Crippen LogP contribution < -0.4 is 10.6 Å². The molecule has 0 fully saturated rings. The van der Waals surface area contributed by atoms with Crippen LogP contribution in [0.2, 0.25) is 0 Å². The van der Waals surface area contributed by atoms with Gasteiger partial charge in [-0.25, -0.2) is 15.0 Å². The number of carbonyl (C=O) groups is 1. The Morgan fingerprint density at radius 3 is 2.49 bits per heavy atom. The van der Waals surface area contributed by atoms with Crippen molar-refractivity contribution in [1.29, 1.82) is 0 Å². The van der Waals surface area contributed by atoms with E-state index in [2.05, 4.69) is 25.6 Å². The van der Waals surface area contributed by atoms with E-state index in [1.807, 2.05) is 32.0 Å². The van der Waals surface area contributed by atoms with E-state index in [1.165, 1.54) is 24.8 Å². The number of amides is 1. The number of nitrogens with one attached hydrogen (secondary N) is 2. The predicted octanol–water partition coefficient (Wildman–Crippen LogP) is 6.68. The number of pyridine rings is 1. The number of hydrogen-bond acceptors (Lipinski definition) is 5. The van der Waals surface area contributed by atoms with Crippen LogP contribution in [0.4, 0.5) is 30.4 Å². The number of hydrogen-bond donors (Lipinski definition) is 2. The molecule has 0 bridgehead atoms. The lowest BCUT2D eigenvalue weighted by Crippen LogP contribution is -2.15. The largest absolute Gasteiger partial charge is 0.418 e. The van der Waals surface area contributed by atoms with Crippen LogP contribution in [0.3, 0.4) is 0 Å². The lowest BCUT2D eigenvalue weighted by atomic mass is 10.0. The van der Waals surface area contributed by atoms with Crippen LogP contribution in [0.15, 0.2) is 79.4 Å². The first kappa shape index (κ1) is 23.9. The van der Waals surface area contributed by atoms with Gasteiger partial charge in [0.05, 0.1) is 16.9 Å². The number of carbonyl (C=O) groups excluding carboxylic acids is 1. The Bertz CT molecular complexity index is 1340. The summed E-state index contributed by atoms with van der Waals surface area (Å²) in [5.41, 5.74) is 1.42. The highest BCUT2D eigenvalue weighted by atomic mass is 19.4. The highest BCUT2D eigenvalue weighted by molar-refractivity contribution is 6.05. The summed E-state index contributed by atoms with van der Waals surface area (Å²) < 4.78 is 41.4. The first-order chi connectivity index (χ1) is 16.7. The Labute approximate surface area is 200 Å². The maximum absolute atomic E-state index is 13.8. The minimum Gasteiger partial charge on any atom is -0.339 e. The molecule has 0 saturated carbocycles. The summed E-state index contributed by atoms with van der Waals surface area (Å²) in [7, 11) is 0. The summed E-state index contributed by atoms with van der Waals surface area (Å²) >= 11 is 0. The summed E-state index contributed by atoms with van der Waals surface area (Å²) in [6.45, 7) is 4.06. The van der Waals surface area contributed by atoms with Crippen LogP contribution in [0.25, 0.3) is 11.3 Å². The van der Waals surface area contributed by atoms with Crippen molar-refractivity contribution < 1.29 is 18.0 Å². The second-order valence-electron chi connectivity index (χ2n) is 8.11. The maximum Gasteiger partial charge on any atom is 0.418 e. The monoisotopic (exact) mass is 477 g/mol. The van der Waals surface area contributed by atoms with Crippen LogP contribution in [-0.2, 0) is 6.18 Å². The SMILES string of the molecule is CC(C)c1cccc(NC(=O)c2ccc(C(F)(F)F)c(Nc3ncccc3-c3ccncn3)c2)c1. The summed E-state index contributed by atoms with van der Waals surface area (Å²) in [5, 5.41) is 5.52. The van der Waals surface area contributed by atoms with E-state index < -0.39 is 17.6 Å². The standard InChI is InChI=1S/C26H22F3N5O/c1-16(2)17-5-3-6-19(13-17)33-25(35)18-8-9-21(26(27,28)29)23(14-18)34-24-20(7-4-11-31-24)22-10-12-30-15-32-22/h3-16H,1-2H3,(H,31,34)(H,33,35). The Kier molecular flexibility index (Phi) is 6.77. The van der Waals surface area contributed by atoms with Gasteiger partial charge in [-0.15, -0.1) is 0 Å². The Balaban J connectivity index is 1.69. The highest BCUT2D eigenvalue weighted by Gasteiger charge is 2.34. The predicted molar refractivity (Wildman–Crippen MR) is 128 cm³/mol. The van der Waals surface area contributed by atoms with Gasteiger partial charge in [-0.2, -0.15) is 13.2 Å². The van der Waals surface area contributed by atoms with Crippen LogP contribution in [0.5, 0.6) is 0 Å². The zero-order valence-corrected chi connectivity index (χ0v) is 19.0. The van der Waals surface area contributed by atoms with Gasteiger partial charge in [0.25, 0.3) is 5.91 Å². The van der Waals surface area contributed by atoms with Gasteiger partial charge in [0.2, 0.25) is 0 Å². The van der Waals surface area contributed by atoms with E-state index in [4.69, 9.17) is 0 Å². The molecule has 0 atom stereocenters. The third-order valence-corrected chi connectivity index (χ3v) is 5.32. The molecule has 0 aliphatic heterocycles. The van der Waals surface area contributed by atoms with E-state index in [1.54, 1.807) is 24.3 Å². The number of nitrogens with zero attached hydrogens (tertiary/aromatic N) is 3. The Hall–Kier alpha value is -4.27. The number of anilines is 3. The number of alkyl halides is 3. The molecule has 0 aliphatic carbocycles. The molecular formula is C26H22F3N5O. The van der Waals surface area contributed by atoms with Crippen LogP contribution in [0.1, 0.15) is 41.3 Å². The lowest BCUT2D eigenvalue weighted by molar-refractivity contribution is -0.136. The molecule has 0 aliphatic rings. The fourth-order valence-electron chi connectivity index (χ4n) is 3.50. The fraction of sp³-hybridized carbons (Fsp3) is 0.154. The minimum atomic E-state index is -4.65. The topological polar surface area (TPSA) is 79.8 Å². The zero-order chi connectivity index (χ0) is 25.0. The zero-order valence-electron chi connectivity index (χ0n) is 19.0. The summed E-state index contributed by atoms with van der Waals surface area (Å²) in [6, 6.07) is 15.5. The van der Waals surface area contributed by atoms with Crippen molar-refractivity contribution in [3.63, 3.8) is 0 Å². The van der Waals surface area contributed by atoms with Crippen molar-refractivity contribution in [2.45, 2.75) is 25.9 Å². The smallest absolute Gasteiger partial charge is 0.339 e. The Morgan fingerprint density at radius 1 is 0.943 bits per heavy atom. The molecule has 1 amide bonds. The molecule has 6 nitrogen and oxygen atoms in total. The van der Waals surface area contributed by atoms with Crippen LogP contribution in [0, 0.1) is 0 Å². The van der Waals surface area contributed by atoms with E-state index in [0.29, 0.717) is 16.9 Å². The van der Waals surface area contributed by atoms with E-state index >= 15 is 0 Å². The summed E-state index contributed by atoms with van der Waals surface area (Å²) in [6.07, 6.45) is -0.322. The minimum absolute atomic E-state index is 0.0648. The molecule has 2 aromatic carbocycles. The molecule has 9 heteroatoms. The molecule has 4 rings (SSSR count). The van der Waals surface area contributed by atoms with E-state index in [-0.39, 0.29) is 23.0 Å². The van der Waals surface area contributed by atoms with Gasteiger partial charge in [0.1, 0.15) is 12.1 Å². The first-order valence-corrected chi connectivity index (χ1v) is 10.8. The molecule has 2 aromatic heterocycles. The first-order valence-electron chi connectivity index (χ1n) is 10.8. The molecule has 35 heavy (non-hydrogen) atoms. The molecule has 2 N–H and O–H groups in total. The van der Waals surface area contributed by atoms with Crippen molar-refractivity contribution >= 4 is 23.1 Å². The molecule has 0 unspecified atom stereocenters. The van der Waals surface area contributed by atoms with Crippen molar-refractivity contribution in [1.82, 2.24) is 15.0 Å². The number of benzene rings is 2. The highest BCUT2D eigenvalue weighted by Crippen LogP contribution is 2.38. The average Bonchev–Trinajstić information content (AvgIpc) is 2.84. The van der Waals surface area contributed by atoms with Crippen molar-refractivity contribution in [2.24, 2.45) is 0 Å². The van der Waals surface area contributed by atoms with Crippen molar-refractivity contribution in [3.05, 3.63) is 96.1 Å². The number of rotatable bonds is 6. The number of halogens is 3. The molecular weight excluding hydrogens is 455 g/mol. The second kappa shape index (κ2) is 9.92. The second-order valence-corrected chi connectivity index (χ2v) is 8.11. The maximum atomic E-state index is 13.8. The van der Waals surface area contributed by atoms with E-state index in [0.717, 1.165) is 17.7 Å². The van der Waals surface area contributed by atoms with E-state index in [9.17, 15) is 18.0 Å². The summed E-state index contributed by atoms with van der Waals surface area (Å²) in [5.74, 6) is -0.102. The normalized spacial score (nSPS) is 11.4. The van der Waals surface area contributed by atoms with Gasteiger partial charge in [-0.05, 0) is 60.0 Å². The molecule has 4 aromatic rings. The quantitative estimate of drug-likeness (QED) is 0.324. The van der Waals surface area contributed by atoms with Gasteiger partial charge in [0.15, 0.2) is 0 Å². The van der Waals surface area contributed by atoms with Gasteiger partial charge < -0.3 is 10.6 Å². The van der Waals surface area contributed by atoms with Crippen LogP contribution >= 0.6 is 0 Å². The summed E-state index contributed by atoms with van der Waals surface area (Å²) in [4.78, 5) is 25.1. The van der Waals surface area contributed by atoms with Gasteiger partial charge >= 0.3 is 6.18 Å². The molecule has 178 valence electrons. The van der Waals surface area contributed by atoms with Gasteiger partial charge in [0, 0.05) is 29.2 Å². The van der Waals surface area contributed by atoms with Crippen LogP contribution in [-0.4, -0.2) is 20.9 Å². The molecule has 0 saturated heterocycles. The molecule has 0 spiro atoms. The van der Waals surface area contributed by atoms with Gasteiger partial charge in [-0.3, -0.25) is 4.79 Å². The third kappa shape index (κ3) is 5.63.